The van der Waals surface area contributed by atoms with E-state index in [0.717, 1.165) is 0 Å². The van der Waals surface area contributed by atoms with Gasteiger partial charge in [-0.3, -0.25) is 0 Å². The van der Waals surface area contributed by atoms with Crippen molar-refractivity contribution < 1.29 is 23.6 Å². The first-order chi connectivity index (χ1) is 8.92. The van der Waals surface area contributed by atoms with Crippen LogP contribution in [0.25, 0.3) is 0 Å². The molecule has 5 nitrogen and oxygen atoms in total. The summed E-state index contributed by atoms with van der Waals surface area (Å²) in [5.74, 6) is -1.21. The molecular formula is C13H24O5P+. The van der Waals surface area contributed by atoms with Gasteiger partial charge < -0.3 is 14.2 Å². The minimum atomic E-state index is -2.01. The molecule has 1 unspecified atom stereocenters. The highest BCUT2D eigenvalue weighted by molar-refractivity contribution is 7.64. The fourth-order valence-electron chi connectivity index (χ4n) is 1.55. The van der Waals surface area contributed by atoms with Gasteiger partial charge in [0, 0.05) is 25.4 Å². The molecule has 0 aliphatic heterocycles. The Labute approximate surface area is 116 Å². The zero-order chi connectivity index (χ0) is 14.9. The summed E-state index contributed by atoms with van der Waals surface area (Å²) in [6, 6.07) is 0. The molecule has 0 aromatic carbocycles. The standard InChI is InChI=1S/C13H24O5P/c1-6-16-13(17-7-2,18-8-3)9-10-19(15)12(14)11(4)5/h4,6-10H2,1-3,5H3/q+1. The molecule has 1 atom stereocenters. The third-order valence-electron chi connectivity index (χ3n) is 2.31. The smallest absolute Gasteiger partial charge is 0.328 e. The summed E-state index contributed by atoms with van der Waals surface area (Å²) in [7, 11) is -2.01. The Kier molecular flexibility index (Phi) is 9.02. The molecule has 0 aromatic heterocycles. The van der Waals surface area contributed by atoms with Crippen molar-refractivity contribution in [1.29, 1.82) is 0 Å². The molecule has 0 N–H and O–H groups in total. The molecule has 0 amide bonds. The molecule has 0 fully saturated rings. The van der Waals surface area contributed by atoms with Gasteiger partial charge in [-0.05, 0) is 27.7 Å². The van der Waals surface area contributed by atoms with Gasteiger partial charge >= 0.3 is 13.3 Å². The lowest BCUT2D eigenvalue weighted by Gasteiger charge is -2.31. The Morgan fingerprint density at radius 3 is 1.84 bits per heavy atom. The van der Waals surface area contributed by atoms with Crippen molar-refractivity contribution in [2.45, 2.75) is 40.1 Å². The van der Waals surface area contributed by atoms with Gasteiger partial charge in [-0.15, -0.1) is 0 Å². The normalized spacial score (nSPS) is 12.3. The molecule has 0 saturated carbocycles. The van der Waals surface area contributed by atoms with Crippen LogP contribution in [0.4, 0.5) is 0 Å². The first kappa shape index (κ1) is 18.4. The molecule has 0 aliphatic carbocycles. The molecule has 0 aliphatic rings. The molecule has 0 aromatic rings. The fraction of sp³-hybridized carbons (Fsp3) is 0.769. The van der Waals surface area contributed by atoms with Crippen LogP contribution >= 0.6 is 7.80 Å². The highest BCUT2D eigenvalue weighted by Crippen LogP contribution is 2.31. The predicted octanol–water partition coefficient (Wildman–Crippen LogP) is 3.07. The molecule has 0 heterocycles. The Bertz CT molecular complexity index is 310. The van der Waals surface area contributed by atoms with Crippen molar-refractivity contribution in [2.24, 2.45) is 0 Å². The van der Waals surface area contributed by atoms with Crippen LogP contribution < -0.4 is 0 Å². The molecule has 0 spiro atoms. The van der Waals surface area contributed by atoms with E-state index in [2.05, 4.69) is 6.58 Å². The summed E-state index contributed by atoms with van der Waals surface area (Å²) in [5, 5.41) is 0. The van der Waals surface area contributed by atoms with Gasteiger partial charge in [0.25, 0.3) is 5.97 Å². The van der Waals surface area contributed by atoms with E-state index in [1.807, 2.05) is 20.8 Å². The second kappa shape index (κ2) is 9.32. The van der Waals surface area contributed by atoms with E-state index in [9.17, 15) is 9.36 Å². The highest BCUT2D eigenvalue weighted by atomic mass is 31.1. The Morgan fingerprint density at radius 2 is 1.53 bits per heavy atom. The number of rotatable bonds is 11. The zero-order valence-electron chi connectivity index (χ0n) is 12.2. The average molecular weight is 291 g/mol. The summed E-state index contributed by atoms with van der Waals surface area (Å²) in [6.07, 6.45) is 0.401. The first-order valence-corrected chi connectivity index (χ1v) is 7.93. The van der Waals surface area contributed by atoms with Crippen molar-refractivity contribution in [2.75, 3.05) is 26.0 Å². The molecule has 0 bridgehead atoms. The predicted molar refractivity (Wildman–Crippen MR) is 74.5 cm³/mol. The van der Waals surface area contributed by atoms with Gasteiger partial charge in [-0.25, -0.2) is 4.79 Å². The third-order valence-corrected chi connectivity index (χ3v) is 3.77. The monoisotopic (exact) mass is 291 g/mol. The highest BCUT2D eigenvalue weighted by Gasteiger charge is 2.38. The van der Waals surface area contributed by atoms with Crippen LogP contribution in [0.5, 0.6) is 0 Å². The summed E-state index contributed by atoms with van der Waals surface area (Å²) in [5.41, 5.74) is -0.107. The minimum absolute atomic E-state index is 0.154. The lowest BCUT2D eigenvalue weighted by Crippen LogP contribution is -2.40. The Balaban J connectivity index is 4.67. The lowest BCUT2D eigenvalue weighted by atomic mass is 10.4. The molecule has 0 radical (unpaired) electrons. The van der Waals surface area contributed by atoms with E-state index in [-0.39, 0.29) is 12.6 Å². The minimum Gasteiger partial charge on any atom is -0.328 e. The molecule has 0 rings (SSSR count). The van der Waals surface area contributed by atoms with E-state index >= 15 is 0 Å². The number of hydrogen-bond donors (Lipinski definition) is 0. The molecular weight excluding hydrogens is 267 g/mol. The van der Waals surface area contributed by atoms with Crippen LogP contribution in [0, 0.1) is 0 Å². The maximum atomic E-state index is 11.8. The van der Waals surface area contributed by atoms with E-state index in [1.165, 1.54) is 0 Å². The average Bonchev–Trinajstić information content (AvgIpc) is 2.36. The van der Waals surface area contributed by atoms with Gasteiger partial charge in [-0.1, -0.05) is 11.1 Å². The third kappa shape index (κ3) is 6.39. The summed E-state index contributed by atoms with van der Waals surface area (Å²) in [4.78, 5) is 11.5. The van der Waals surface area contributed by atoms with Gasteiger partial charge in [0.15, 0.2) is 6.16 Å². The second-order valence-corrected chi connectivity index (χ2v) is 5.53. The van der Waals surface area contributed by atoms with Gasteiger partial charge in [0.1, 0.15) is 0 Å². The molecule has 110 valence electrons. The van der Waals surface area contributed by atoms with Crippen LogP contribution in [0.15, 0.2) is 12.2 Å². The molecule has 0 saturated heterocycles. The van der Waals surface area contributed by atoms with E-state index in [4.69, 9.17) is 14.2 Å². The quantitative estimate of drug-likeness (QED) is 0.332. The van der Waals surface area contributed by atoms with Crippen molar-refractivity contribution in [1.82, 2.24) is 0 Å². The molecule has 6 heteroatoms. The number of allylic oxidation sites excluding steroid dienone is 1. The van der Waals surface area contributed by atoms with Crippen molar-refractivity contribution >= 4 is 13.3 Å². The summed E-state index contributed by atoms with van der Waals surface area (Å²) < 4.78 is 28.3. The van der Waals surface area contributed by atoms with Crippen molar-refractivity contribution in [3.05, 3.63) is 12.2 Å². The lowest BCUT2D eigenvalue weighted by molar-refractivity contribution is -0.377. The van der Waals surface area contributed by atoms with Gasteiger partial charge in [0.05, 0.1) is 6.42 Å². The van der Waals surface area contributed by atoms with Crippen LogP contribution in [0.2, 0.25) is 0 Å². The maximum absolute atomic E-state index is 11.8. The van der Waals surface area contributed by atoms with E-state index in [0.29, 0.717) is 25.4 Å². The Hall–Kier alpha value is -0.610. The van der Waals surface area contributed by atoms with Gasteiger partial charge in [0.2, 0.25) is 0 Å². The van der Waals surface area contributed by atoms with E-state index < -0.39 is 19.3 Å². The van der Waals surface area contributed by atoms with E-state index in [1.54, 1.807) is 6.92 Å². The SMILES string of the molecule is C=C(C)C(=O)[P+](=O)CCC(OCC)(OCC)OCC. The number of carbonyl (C=O) groups excluding carboxylic acids is 1. The summed E-state index contributed by atoms with van der Waals surface area (Å²) in [6.45, 7) is 11.8. The Morgan fingerprint density at radius 1 is 1.11 bits per heavy atom. The number of carbonyl (C=O) groups is 1. The fourth-order valence-corrected chi connectivity index (χ4v) is 2.66. The van der Waals surface area contributed by atoms with Crippen molar-refractivity contribution in [3.8, 4) is 0 Å². The van der Waals surface area contributed by atoms with Crippen LogP contribution in [0.1, 0.15) is 34.1 Å². The van der Waals surface area contributed by atoms with Crippen LogP contribution in [0.3, 0.4) is 0 Å². The number of hydrogen-bond acceptors (Lipinski definition) is 5. The van der Waals surface area contributed by atoms with Crippen LogP contribution in [-0.2, 0) is 23.6 Å². The van der Waals surface area contributed by atoms with Crippen LogP contribution in [-0.4, -0.2) is 37.5 Å². The maximum Gasteiger partial charge on any atom is 0.420 e. The molecule has 19 heavy (non-hydrogen) atoms. The summed E-state index contributed by atoms with van der Waals surface area (Å²) >= 11 is 0. The van der Waals surface area contributed by atoms with Crippen molar-refractivity contribution in [3.63, 3.8) is 0 Å². The topological polar surface area (TPSA) is 61.8 Å². The second-order valence-electron chi connectivity index (χ2n) is 3.92. The van der Waals surface area contributed by atoms with Gasteiger partial charge in [-0.2, -0.15) is 0 Å². The largest absolute Gasteiger partial charge is 0.420 e. The zero-order valence-corrected chi connectivity index (χ0v) is 13.1. The first-order valence-electron chi connectivity index (χ1n) is 6.48. The number of ether oxygens (including phenoxy) is 3.